The lowest BCUT2D eigenvalue weighted by atomic mass is 9.63. The van der Waals surface area contributed by atoms with Gasteiger partial charge in [-0.3, -0.25) is 0 Å². The maximum Gasteiger partial charge on any atom is 0.108 e. The number of aryl methyl sites for hydroxylation is 2. The van der Waals surface area contributed by atoms with Crippen LogP contribution in [0.15, 0.2) is 12.4 Å². The molecule has 1 aromatic heterocycles. The zero-order valence-electron chi connectivity index (χ0n) is 13.6. The smallest absolute Gasteiger partial charge is 0.108 e. The van der Waals surface area contributed by atoms with Crippen LogP contribution in [0.25, 0.3) is 0 Å². The van der Waals surface area contributed by atoms with Crippen LogP contribution in [0.4, 0.5) is 0 Å². The molecule has 2 atom stereocenters. The lowest BCUT2D eigenvalue weighted by molar-refractivity contribution is 0.0926. The minimum Gasteiger partial charge on any atom is -0.338 e. The van der Waals surface area contributed by atoms with Gasteiger partial charge in [0, 0.05) is 31.4 Å². The summed E-state index contributed by atoms with van der Waals surface area (Å²) in [6.07, 6.45) is 18.5. The normalized spacial score (nSPS) is 31.4. The number of hydrogen-bond donors (Lipinski definition) is 1. The molecule has 3 heteroatoms. The van der Waals surface area contributed by atoms with E-state index in [0.29, 0.717) is 0 Å². The van der Waals surface area contributed by atoms with Crippen molar-refractivity contribution >= 4 is 0 Å². The summed E-state index contributed by atoms with van der Waals surface area (Å²) in [7, 11) is 2.09. The van der Waals surface area contributed by atoms with E-state index < -0.39 is 0 Å². The number of imidazole rings is 1. The topological polar surface area (TPSA) is 43.8 Å². The summed E-state index contributed by atoms with van der Waals surface area (Å²) in [4.78, 5) is 4.48. The molecule has 118 valence electrons. The fourth-order valence-corrected chi connectivity index (χ4v) is 4.83. The zero-order chi connectivity index (χ0) is 14.7. The highest BCUT2D eigenvalue weighted by molar-refractivity contribution is 5.01. The lowest BCUT2D eigenvalue weighted by Gasteiger charge is -2.46. The Morgan fingerprint density at radius 3 is 2.67 bits per heavy atom. The summed E-state index contributed by atoms with van der Waals surface area (Å²) in [6, 6.07) is 0. The third-order valence-electron chi connectivity index (χ3n) is 6.10. The average Bonchev–Trinajstić information content (AvgIpc) is 2.92. The van der Waals surface area contributed by atoms with Crippen LogP contribution in [0.1, 0.15) is 70.0 Å². The molecule has 2 fully saturated rings. The highest BCUT2D eigenvalue weighted by Gasteiger charge is 2.41. The molecular formula is C18H31N3. The van der Waals surface area contributed by atoms with Crippen molar-refractivity contribution in [3.63, 3.8) is 0 Å². The van der Waals surface area contributed by atoms with E-state index in [-0.39, 0.29) is 5.54 Å². The van der Waals surface area contributed by atoms with Crippen molar-refractivity contribution in [2.24, 2.45) is 24.6 Å². The van der Waals surface area contributed by atoms with Crippen molar-refractivity contribution in [2.75, 3.05) is 0 Å². The summed E-state index contributed by atoms with van der Waals surface area (Å²) in [5.74, 6) is 2.84. The second-order valence-electron chi connectivity index (χ2n) is 7.44. The molecule has 3 rings (SSSR count). The molecule has 2 N–H and O–H groups in total. The molecule has 0 amide bonds. The molecular weight excluding hydrogens is 258 g/mol. The summed E-state index contributed by atoms with van der Waals surface area (Å²) in [5, 5.41) is 0. The summed E-state index contributed by atoms with van der Waals surface area (Å²) >= 11 is 0. The molecule has 2 aliphatic rings. The molecule has 2 unspecified atom stereocenters. The number of rotatable bonds is 4. The van der Waals surface area contributed by atoms with Gasteiger partial charge in [0.25, 0.3) is 0 Å². The third-order valence-corrected chi connectivity index (χ3v) is 6.10. The first-order valence-corrected chi connectivity index (χ1v) is 8.94. The molecule has 1 aromatic rings. The maximum atomic E-state index is 6.96. The van der Waals surface area contributed by atoms with E-state index in [1.165, 1.54) is 63.6 Å². The van der Waals surface area contributed by atoms with Gasteiger partial charge in [-0.15, -0.1) is 0 Å². The quantitative estimate of drug-likeness (QED) is 0.915. The van der Waals surface area contributed by atoms with Gasteiger partial charge >= 0.3 is 0 Å². The van der Waals surface area contributed by atoms with Crippen LogP contribution < -0.4 is 5.73 Å². The first kappa shape index (κ1) is 15.1. The Hall–Kier alpha value is -0.830. The second-order valence-corrected chi connectivity index (χ2v) is 7.44. The molecule has 0 saturated heterocycles. The van der Waals surface area contributed by atoms with Crippen molar-refractivity contribution in [3.8, 4) is 0 Å². The van der Waals surface area contributed by atoms with E-state index in [1.807, 2.05) is 12.4 Å². The van der Waals surface area contributed by atoms with E-state index >= 15 is 0 Å². The Morgan fingerprint density at radius 1 is 1.19 bits per heavy atom. The average molecular weight is 289 g/mol. The molecule has 0 aliphatic heterocycles. The van der Waals surface area contributed by atoms with E-state index in [4.69, 9.17) is 5.73 Å². The molecule has 0 radical (unpaired) electrons. The Morgan fingerprint density at radius 2 is 1.95 bits per heavy atom. The molecule has 1 heterocycles. The van der Waals surface area contributed by atoms with Gasteiger partial charge in [0.05, 0.1) is 0 Å². The fourth-order valence-electron chi connectivity index (χ4n) is 4.83. The van der Waals surface area contributed by atoms with E-state index in [1.54, 1.807) is 0 Å². The van der Waals surface area contributed by atoms with Gasteiger partial charge in [-0.1, -0.05) is 44.9 Å². The molecule has 0 spiro atoms. The van der Waals surface area contributed by atoms with Gasteiger partial charge in [-0.2, -0.15) is 0 Å². The summed E-state index contributed by atoms with van der Waals surface area (Å²) in [5.41, 5.74) is 7.03. The van der Waals surface area contributed by atoms with Gasteiger partial charge in [0.15, 0.2) is 0 Å². The Labute approximate surface area is 129 Å². The van der Waals surface area contributed by atoms with Crippen molar-refractivity contribution in [1.82, 2.24) is 9.55 Å². The largest absolute Gasteiger partial charge is 0.338 e. The maximum absolute atomic E-state index is 6.96. The number of aromatic nitrogens is 2. The minimum absolute atomic E-state index is 0.0617. The van der Waals surface area contributed by atoms with Crippen LogP contribution >= 0.6 is 0 Å². The zero-order valence-corrected chi connectivity index (χ0v) is 13.6. The van der Waals surface area contributed by atoms with E-state index in [0.717, 1.165) is 24.7 Å². The van der Waals surface area contributed by atoms with Crippen molar-refractivity contribution in [3.05, 3.63) is 18.2 Å². The molecule has 3 nitrogen and oxygen atoms in total. The number of hydrogen-bond acceptors (Lipinski definition) is 2. The predicted molar refractivity (Wildman–Crippen MR) is 87.0 cm³/mol. The predicted octanol–water partition coefficient (Wildman–Crippen LogP) is 3.82. The monoisotopic (exact) mass is 289 g/mol. The summed E-state index contributed by atoms with van der Waals surface area (Å²) < 4.78 is 2.14. The molecule has 21 heavy (non-hydrogen) atoms. The minimum atomic E-state index is 0.0617. The highest BCUT2D eigenvalue weighted by atomic mass is 15.0. The summed E-state index contributed by atoms with van der Waals surface area (Å²) in [6.45, 7) is 0. The highest BCUT2D eigenvalue weighted by Crippen LogP contribution is 2.44. The van der Waals surface area contributed by atoms with E-state index in [9.17, 15) is 0 Å². The Balaban J connectivity index is 1.67. The number of nitrogens with zero attached hydrogens (tertiary/aromatic N) is 2. The van der Waals surface area contributed by atoms with Crippen molar-refractivity contribution < 1.29 is 0 Å². The van der Waals surface area contributed by atoms with Gasteiger partial charge in [-0.05, 0) is 31.1 Å². The van der Waals surface area contributed by atoms with Crippen molar-refractivity contribution in [2.45, 2.75) is 76.2 Å². The SMILES string of the molecule is Cn1ccnc1CCC1(N)CCCCC1C1CCCCC1. The van der Waals surface area contributed by atoms with Gasteiger partial charge in [-0.25, -0.2) is 4.98 Å². The Bertz CT molecular complexity index is 447. The van der Waals surface area contributed by atoms with Crippen LogP contribution in [0.5, 0.6) is 0 Å². The van der Waals surface area contributed by atoms with Crippen LogP contribution in [0.2, 0.25) is 0 Å². The standard InChI is InChI=1S/C18H31N3/c1-21-14-13-20-17(21)10-12-18(19)11-6-5-9-16(18)15-7-3-2-4-8-15/h13-16H,2-12,19H2,1H3. The van der Waals surface area contributed by atoms with Gasteiger partial charge < -0.3 is 10.3 Å². The van der Waals surface area contributed by atoms with Crippen LogP contribution in [0.3, 0.4) is 0 Å². The third kappa shape index (κ3) is 3.33. The first-order chi connectivity index (χ1) is 10.2. The fraction of sp³-hybridized carbons (Fsp3) is 0.833. The van der Waals surface area contributed by atoms with Gasteiger partial charge in [0.2, 0.25) is 0 Å². The van der Waals surface area contributed by atoms with Crippen LogP contribution in [0, 0.1) is 11.8 Å². The van der Waals surface area contributed by atoms with Gasteiger partial charge in [0.1, 0.15) is 5.82 Å². The number of nitrogens with two attached hydrogens (primary N) is 1. The van der Waals surface area contributed by atoms with Crippen molar-refractivity contribution in [1.29, 1.82) is 0 Å². The van der Waals surface area contributed by atoms with Crippen LogP contribution in [-0.2, 0) is 13.5 Å². The molecule has 2 saturated carbocycles. The first-order valence-electron chi connectivity index (χ1n) is 8.94. The molecule has 0 aromatic carbocycles. The molecule has 2 aliphatic carbocycles. The second kappa shape index (κ2) is 6.51. The molecule has 0 bridgehead atoms. The van der Waals surface area contributed by atoms with Crippen LogP contribution in [-0.4, -0.2) is 15.1 Å². The van der Waals surface area contributed by atoms with E-state index in [2.05, 4.69) is 16.6 Å². The lowest BCUT2D eigenvalue weighted by Crippen LogP contribution is -2.52. The Kier molecular flexibility index (Phi) is 4.68.